The average molecular weight is 516 g/mol. The van der Waals surface area contributed by atoms with Gasteiger partial charge in [0.1, 0.15) is 22.4 Å². The minimum Gasteiger partial charge on any atom is -0.504 e. The molecule has 1 amide bonds. The molecule has 0 bridgehead atoms. The van der Waals surface area contributed by atoms with Gasteiger partial charge in [0.15, 0.2) is 33.2 Å². The molecule has 0 aliphatic carbocycles. The number of fused-ring (bicyclic) bond motifs is 1. The van der Waals surface area contributed by atoms with Crippen LogP contribution in [0.1, 0.15) is 39.8 Å². The number of β-lactam (4-membered cyclic amide) rings is 1. The summed E-state index contributed by atoms with van der Waals surface area (Å²) in [4.78, 5) is 57.1. The Hall–Kier alpha value is -4.13. The zero-order valence-corrected chi connectivity index (χ0v) is 19.7. The largest absolute Gasteiger partial charge is 0.504 e. The number of carbonyl (C=O) groups is 4. The summed E-state index contributed by atoms with van der Waals surface area (Å²) in [6.07, 6.45) is 1.85. The number of carbonyl (C=O) groups excluding carboxylic acids is 3. The van der Waals surface area contributed by atoms with E-state index in [2.05, 4.69) is 9.98 Å². The molecule has 2 aliphatic rings. The highest BCUT2D eigenvalue weighted by Gasteiger charge is 2.69. The van der Waals surface area contributed by atoms with Gasteiger partial charge in [-0.25, -0.2) is 13.2 Å². The molecule has 2 aromatic rings. The molecule has 0 saturated carbocycles. The first-order valence-electron chi connectivity index (χ1n) is 10.7. The van der Waals surface area contributed by atoms with Crippen LogP contribution >= 0.6 is 0 Å². The van der Waals surface area contributed by atoms with Crippen molar-refractivity contribution in [3.05, 3.63) is 53.3 Å². The molecule has 3 atom stereocenters. The quantitative estimate of drug-likeness (QED) is 0.191. The predicted octanol–water partition coefficient (Wildman–Crippen LogP) is 0.370. The van der Waals surface area contributed by atoms with Crippen LogP contribution in [-0.2, 0) is 25.8 Å². The molecule has 2 saturated heterocycles. The number of amides is 1. The number of hydrogen-bond acceptors (Lipinski definition) is 10. The van der Waals surface area contributed by atoms with Crippen molar-refractivity contribution in [1.29, 1.82) is 0 Å². The van der Waals surface area contributed by atoms with Gasteiger partial charge in [-0.05, 0) is 36.8 Å². The molecule has 188 valence electrons. The number of rotatable bonds is 8. The van der Waals surface area contributed by atoms with E-state index >= 15 is 0 Å². The number of hydrogen-bond donors (Lipinski definition) is 3. The molecule has 2 fully saturated rings. The van der Waals surface area contributed by atoms with Crippen LogP contribution in [-0.4, -0.2) is 86.0 Å². The van der Waals surface area contributed by atoms with E-state index in [1.54, 1.807) is 0 Å². The molecular formula is C23H21N3O9S. The van der Waals surface area contributed by atoms with Gasteiger partial charge in [0, 0.05) is 24.4 Å². The van der Waals surface area contributed by atoms with E-state index in [1.165, 1.54) is 37.4 Å². The van der Waals surface area contributed by atoms with Crippen LogP contribution in [0.5, 0.6) is 11.5 Å². The maximum Gasteiger partial charge on any atom is 0.328 e. The number of carboxylic acids is 1. The molecule has 0 spiro atoms. The van der Waals surface area contributed by atoms with Gasteiger partial charge in [-0.15, -0.1) is 0 Å². The van der Waals surface area contributed by atoms with Gasteiger partial charge in [-0.2, -0.15) is 0 Å². The summed E-state index contributed by atoms with van der Waals surface area (Å²) in [6, 6.07) is 4.92. The maximum absolute atomic E-state index is 12.8. The number of nitrogens with zero attached hydrogens (tertiary/aromatic N) is 3. The van der Waals surface area contributed by atoms with Crippen molar-refractivity contribution in [3.8, 4) is 11.5 Å². The minimum absolute atomic E-state index is 0.00107. The first-order valence-corrected chi connectivity index (χ1v) is 12.2. The van der Waals surface area contributed by atoms with Gasteiger partial charge in [-0.1, -0.05) is 6.07 Å². The van der Waals surface area contributed by atoms with Crippen LogP contribution in [0.4, 0.5) is 0 Å². The molecule has 2 aliphatic heterocycles. The maximum atomic E-state index is 12.8. The number of ketones is 2. The SMILES string of the molecule is C[C@]1(C=NCC(=O)c2ccc(CC(=O)c3ccc(O)c(O)c3)cn2)[C@H](C(=O)O)N2C(=O)C[C@H]2S1(=O)=O. The summed E-state index contributed by atoms with van der Waals surface area (Å²) in [5.41, 5.74) is 0.663. The Bertz CT molecular complexity index is 1420. The van der Waals surface area contributed by atoms with Crippen molar-refractivity contribution in [2.45, 2.75) is 35.9 Å². The van der Waals surface area contributed by atoms with Gasteiger partial charge < -0.3 is 20.2 Å². The number of aromatic nitrogens is 1. The topological polar surface area (TPSA) is 192 Å². The van der Waals surface area contributed by atoms with Crippen LogP contribution < -0.4 is 0 Å². The normalized spacial score (nSPS) is 24.4. The molecule has 4 rings (SSSR count). The fraction of sp³-hybridized carbons (Fsp3) is 0.304. The number of phenols is 2. The number of aliphatic carboxylic acids is 1. The number of carboxylic acid groups (broad SMARTS) is 1. The third kappa shape index (κ3) is 4.00. The molecule has 1 aromatic heterocycles. The fourth-order valence-electron chi connectivity index (χ4n) is 4.27. The van der Waals surface area contributed by atoms with E-state index in [4.69, 9.17) is 0 Å². The van der Waals surface area contributed by atoms with Gasteiger partial charge in [-0.3, -0.25) is 24.4 Å². The summed E-state index contributed by atoms with van der Waals surface area (Å²) in [6.45, 7) is 0.659. The smallest absolute Gasteiger partial charge is 0.328 e. The van der Waals surface area contributed by atoms with Gasteiger partial charge in [0.05, 0.1) is 6.42 Å². The van der Waals surface area contributed by atoms with Crippen molar-refractivity contribution >= 4 is 39.5 Å². The zero-order valence-electron chi connectivity index (χ0n) is 18.9. The number of aromatic hydroxyl groups is 2. The molecule has 13 heteroatoms. The predicted molar refractivity (Wildman–Crippen MR) is 124 cm³/mol. The lowest BCUT2D eigenvalue weighted by Crippen LogP contribution is -2.57. The Morgan fingerprint density at radius 2 is 1.89 bits per heavy atom. The van der Waals surface area contributed by atoms with E-state index in [0.29, 0.717) is 5.56 Å². The number of benzene rings is 1. The van der Waals surface area contributed by atoms with Crippen LogP contribution in [0.2, 0.25) is 0 Å². The molecule has 3 N–H and O–H groups in total. The average Bonchev–Trinajstić information content (AvgIpc) is 2.96. The molecule has 12 nitrogen and oxygen atoms in total. The van der Waals surface area contributed by atoms with Crippen molar-refractivity contribution in [2.24, 2.45) is 4.99 Å². The Balaban J connectivity index is 1.43. The Kier molecular flexibility index (Phi) is 6.12. The lowest BCUT2D eigenvalue weighted by molar-refractivity contribution is -0.156. The van der Waals surface area contributed by atoms with Crippen molar-refractivity contribution in [3.63, 3.8) is 0 Å². The van der Waals surface area contributed by atoms with Crippen molar-refractivity contribution in [2.75, 3.05) is 6.54 Å². The summed E-state index contributed by atoms with van der Waals surface area (Å²) in [5, 5.41) is 27.2. The molecule has 3 heterocycles. The second-order valence-corrected chi connectivity index (χ2v) is 11.2. The third-order valence-electron chi connectivity index (χ3n) is 6.33. The Labute approximate surface area is 204 Å². The minimum atomic E-state index is -4.08. The third-order valence-corrected chi connectivity index (χ3v) is 8.99. The number of phenolic OH excluding ortho intramolecular Hbond substituents is 2. The second-order valence-electron chi connectivity index (χ2n) is 8.68. The Morgan fingerprint density at radius 1 is 1.17 bits per heavy atom. The molecule has 0 unspecified atom stereocenters. The highest BCUT2D eigenvalue weighted by molar-refractivity contribution is 7.94. The van der Waals surface area contributed by atoms with Crippen LogP contribution in [0.25, 0.3) is 0 Å². The fourth-order valence-corrected chi connectivity index (χ4v) is 6.51. The monoisotopic (exact) mass is 515 g/mol. The number of Topliss-reactive ketones (excluding diaryl/α,β-unsaturated/α-hetero) is 2. The van der Waals surface area contributed by atoms with E-state index in [0.717, 1.165) is 17.2 Å². The van der Waals surface area contributed by atoms with Gasteiger partial charge in [0.25, 0.3) is 0 Å². The molecule has 0 radical (unpaired) electrons. The van der Waals surface area contributed by atoms with E-state index in [1.807, 2.05) is 0 Å². The lowest BCUT2D eigenvalue weighted by Gasteiger charge is -2.35. The molecular weight excluding hydrogens is 494 g/mol. The van der Waals surface area contributed by atoms with Gasteiger partial charge in [0.2, 0.25) is 11.7 Å². The standard InChI is InChI=1S/C23H21N3O9S/c1-23(21(22(32)33)26-19(31)8-20(26)36(23,34)35)11-24-10-18(30)14-4-2-12(9-25-14)6-16(28)13-3-5-15(27)17(29)7-13/h2-5,7,9,11,20-21,27,29H,6,8,10H2,1H3,(H,32,33)/t20-,21+,23+/m1/s1. The van der Waals surface area contributed by atoms with E-state index in [9.17, 15) is 42.9 Å². The summed E-state index contributed by atoms with van der Waals surface area (Å²) >= 11 is 0. The second kappa shape index (κ2) is 8.82. The van der Waals surface area contributed by atoms with Crippen LogP contribution in [0.15, 0.2) is 41.5 Å². The molecule has 1 aromatic carbocycles. The van der Waals surface area contributed by atoms with E-state index in [-0.39, 0.29) is 35.6 Å². The highest BCUT2D eigenvalue weighted by atomic mass is 32.2. The summed E-state index contributed by atoms with van der Waals surface area (Å²) in [7, 11) is -4.08. The van der Waals surface area contributed by atoms with Crippen LogP contribution in [0, 0.1) is 0 Å². The number of aliphatic imine (C=N–C) groups is 1. The van der Waals surface area contributed by atoms with Gasteiger partial charge >= 0.3 is 5.97 Å². The Morgan fingerprint density at radius 3 is 2.47 bits per heavy atom. The molecule has 36 heavy (non-hydrogen) atoms. The van der Waals surface area contributed by atoms with Crippen LogP contribution in [0.3, 0.4) is 0 Å². The summed E-state index contributed by atoms with van der Waals surface area (Å²) in [5.74, 6) is -3.75. The summed E-state index contributed by atoms with van der Waals surface area (Å²) < 4.78 is 23.7. The number of pyridine rings is 1. The first-order chi connectivity index (χ1) is 16.9. The lowest BCUT2D eigenvalue weighted by atomic mass is 9.97. The highest BCUT2D eigenvalue weighted by Crippen LogP contribution is 2.45. The van der Waals surface area contributed by atoms with Crippen molar-refractivity contribution < 1.29 is 42.9 Å². The van der Waals surface area contributed by atoms with Crippen molar-refractivity contribution in [1.82, 2.24) is 9.88 Å². The van der Waals surface area contributed by atoms with E-state index < -0.39 is 56.0 Å². The number of sulfone groups is 1. The first kappa shape index (κ1) is 25.0. The zero-order chi connectivity index (χ0) is 26.4.